The van der Waals surface area contributed by atoms with E-state index in [1.807, 2.05) is 13.0 Å². The molecule has 0 heterocycles. The van der Waals surface area contributed by atoms with Crippen molar-refractivity contribution < 1.29 is 4.74 Å². The maximum atomic E-state index is 5.52. The van der Waals surface area contributed by atoms with Gasteiger partial charge < -0.3 is 10.1 Å². The number of hydrogen-bond acceptors (Lipinski definition) is 2. The minimum atomic E-state index is 0.702. The third-order valence-electron chi connectivity index (χ3n) is 3.93. The highest BCUT2D eigenvalue weighted by Gasteiger charge is 2.04. The predicted octanol–water partition coefficient (Wildman–Crippen LogP) is 4.93. The molecule has 2 nitrogen and oxygen atoms in total. The normalized spacial score (nSPS) is 10.5. The Morgan fingerprint density at radius 3 is 2.24 bits per heavy atom. The Balaban J connectivity index is 2.11. The Labute approximate surface area is 128 Å². The second-order valence-corrected chi connectivity index (χ2v) is 5.63. The molecule has 2 rings (SSSR count). The van der Waals surface area contributed by atoms with E-state index in [1.165, 1.54) is 27.8 Å². The first-order valence-electron chi connectivity index (χ1n) is 7.55. The molecule has 0 aliphatic rings. The van der Waals surface area contributed by atoms with E-state index in [-0.39, 0.29) is 0 Å². The molecule has 0 aliphatic heterocycles. The molecule has 0 aliphatic carbocycles. The lowest BCUT2D eigenvalue weighted by atomic mass is 10.0. The standard InChI is InChI=1S/C19H25NO/c1-6-21-18-7-8-19(16(5)11-18)20-12-17-10-14(3)13(2)9-15(17)4/h7-11,20H,6,12H2,1-5H3. The van der Waals surface area contributed by atoms with Gasteiger partial charge in [0.25, 0.3) is 0 Å². The van der Waals surface area contributed by atoms with Gasteiger partial charge in [-0.05, 0) is 80.6 Å². The topological polar surface area (TPSA) is 21.3 Å². The Morgan fingerprint density at radius 2 is 1.57 bits per heavy atom. The van der Waals surface area contributed by atoms with Crippen LogP contribution in [0.25, 0.3) is 0 Å². The fourth-order valence-corrected chi connectivity index (χ4v) is 2.49. The van der Waals surface area contributed by atoms with E-state index in [0.717, 1.165) is 18.0 Å². The molecule has 0 radical (unpaired) electrons. The minimum absolute atomic E-state index is 0.702. The van der Waals surface area contributed by atoms with Crippen molar-refractivity contribution in [3.05, 3.63) is 58.1 Å². The van der Waals surface area contributed by atoms with Crippen LogP contribution in [-0.2, 0) is 6.54 Å². The monoisotopic (exact) mass is 283 g/mol. The summed E-state index contributed by atoms with van der Waals surface area (Å²) in [6.07, 6.45) is 0. The average molecular weight is 283 g/mol. The van der Waals surface area contributed by atoms with E-state index in [4.69, 9.17) is 4.74 Å². The Bertz CT molecular complexity index is 632. The number of benzene rings is 2. The molecule has 0 bridgehead atoms. The molecule has 0 amide bonds. The number of hydrogen-bond donors (Lipinski definition) is 1. The van der Waals surface area contributed by atoms with Crippen molar-refractivity contribution in [2.24, 2.45) is 0 Å². The van der Waals surface area contributed by atoms with Gasteiger partial charge in [-0.15, -0.1) is 0 Å². The van der Waals surface area contributed by atoms with Gasteiger partial charge in [-0.2, -0.15) is 0 Å². The lowest BCUT2D eigenvalue weighted by Gasteiger charge is -2.14. The lowest BCUT2D eigenvalue weighted by Crippen LogP contribution is -2.04. The molecule has 21 heavy (non-hydrogen) atoms. The fraction of sp³-hybridized carbons (Fsp3) is 0.368. The molecule has 0 saturated heterocycles. The summed E-state index contributed by atoms with van der Waals surface area (Å²) in [5, 5.41) is 3.53. The summed E-state index contributed by atoms with van der Waals surface area (Å²) >= 11 is 0. The number of nitrogens with one attached hydrogen (secondary N) is 1. The summed E-state index contributed by atoms with van der Waals surface area (Å²) in [7, 11) is 0. The Hall–Kier alpha value is -1.96. The van der Waals surface area contributed by atoms with Crippen LogP contribution in [0.2, 0.25) is 0 Å². The molecular weight excluding hydrogens is 258 g/mol. The van der Waals surface area contributed by atoms with Gasteiger partial charge in [-0.3, -0.25) is 0 Å². The van der Waals surface area contributed by atoms with Crippen molar-refractivity contribution in [1.82, 2.24) is 0 Å². The maximum absolute atomic E-state index is 5.52. The van der Waals surface area contributed by atoms with Gasteiger partial charge in [0.05, 0.1) is 6.61 Å². The molecule has 0 aromatic heterocycles. The Kier molecular flexibility index (Phi) is 4.89. The third-order valence-corrected chi connectivity index (χ3v) is 3.93. The van der Waals surface area contributed by atoms with Crippen LogP contribution >= 0.6 is 0 Å². The van der Waals surface area contributed by atoms with Crippen LogP contribution in [0.5, 0.6) is 5.75 Å². The molecule has 1 N–H and O–H groups in total. The molecule has 0 atom stereocenters. The fourth-order valence-electron chi connectivity index (χ4n) is 2.49. The van der Waals surface area contributed by atoms with Crippen LogP contribution in [0.15, 0.2) is 30.3 Å². The molecule has 112 valence electrons. The molecular formula is C19H25NO. The van der Waals surface area contributed by atoms with Crippen LogP contribution < -0.4 is 10.1 Å². The van der Waals surface area contributed by atoms with Crippen molar-refractivity contribution in [2.45, 2.75) is 41.2 Å². The quantitative estimate of drug-likeness (QED) is 0.840. The van der Waals surface area contributed by atoms with Crippen molar-refractivity contribution in [3.63, 3.8) is 0 Å². The van der Waals surface area contributed by atoms with Gasteiger partial charge in [-0.1, -0.05) is 12.1 Å². The van der Waals surface area contributed by atoms with Gasteiger partial charge in [0.1, 0.15) is 5.75 Å². The number of aryl methyl sites for hydroxylation is 4. The molecule has 2 heteroatoms. The van der Waals surface area contributed by atoms with E-state index in [1.54, 1.807) is 0 Å². The number of rotatable bonds is 5. The van der Waals surface area contributed by atoms with E-state index in [2.05, 4.69) is 57.3 Å². The SMILES string of the molecule is CCOc1ccc(NCc2cc(C)c(C)cc2C)c(C)c1. The highest BCUT2D eigenvalue weighted by Crippen LogP contribution is 2.23. The van der Waals surface area contributed by atoms with Crippen molar-refractivity contribution in [1.29, 1.82) is 0 Å². The summed E-state index contributed by atoms with van der Waals surface area (Å²) in [5.74, 6) is 0.933. The summed E-state index contributed by atoms with van der Waals surface area (Å²) < 4.78 is 5.52. The van der Waals surface area contributed by atoms with E-state index < -0.39 is 0 Å². The highest BCUT2D eigenvalue weighted by atomic mass is 16.5. The van der Waals surface area contributed by atoms with E-state index >= 15 is 0 Å². The van der Waals surface area contributed by atoms with Crippen LogP contribution in [0.1, 0.15) is 34.7 Å². The predicted molar refractivity (Wildman–Crippen MR) is 90.3 cm³/mol. The first-order chi connectivity index (χ1) is 10.0. The largest absolute Gasteiger partial charge is 0.494 e. The second-order valence-electron chi connectivity index (χ2n) is 5.63. The molecule has 2 aromatic rings. The first-order valence-corrected chi connectivity index (χ1v) is 7.55. The van der Waals surface area contributed by atoms with Crippen molar-refractivity contribution in [2.75, 3.05) is 11.9 Å². The lowest BCUT2D eigenvalue weighted by molar-refractivity contribution is 0.340. The van der Waals surface area contributed by atoms with Gasteiger partial charge in [0, 0.05) is 12.2 Å². The summed E-state index contributed by atoms with van der Waals surface area (Å²) in [5.41, 5.74) is 7.77. The number of ether oxygens (including phenoxy) is 1. The van der Waals surface area contributed by atoms with E-state index in [9.17, 15) is 0 Å². The summed E-state index contributed by atoms with van der Waals surface area (Å²) in [6.45, 7) is 12.2. The molecule has 0 spiro atoms. The first kappa shape index (κ1) is 15.4. The zero-order chi connectivity index (χ0) is 15.4. The third kappa shape index (κ3) is 3.78. The van der Waals surface area contributed by atoms with Gasteiger partial charge >= 0.3 is 0 Å². The molecule has 0 fully saturated rings. The Morgan fingerprint density at radius 1 is 0.857 bits per heavy atom. The van der Waals surface area contributed by atoms with Crippen LogP contribution in [0.4, 0.5) is 5.69 Å². The zero-order valence-corrected chi connectivity index (χ0v) is 13.7. The number of anilines is 1. The van der Waals surface area contributed by atoms with Crippen molar-refractivity contribution >= 4 is 5.69 Å². The van der Waals surface area contributed by atoms with Crippen LogP contribution in [0.3, 0.4) is 0 Å². The maximum Gasteiger partial charge on any atom is 0.119 e. The molecule has 0 unspecified atom stereocenters. The highest BCUT2D eigenvalue weighted by molar-refractivity contribution is 5.54. The molecule has 2 aromatic carbocycles. The summed E-state index contributed by atoms with van der Waals surface area (Å²) in [6, 6.07) is 10.7. The van der Waals surface area contributed by atoms with E-state index in [0.29, 0.717) is 6.61 Å². The smallest absolute Gasteiger partial charge is 0.119 e. The van der Waals surface area contributed by atoms with Gasteiger partial charge in [0.15, 0.2) is 0 Å². The van der Waals surface area contributed by atoms with Gasteiger partial charge in [0.2, 0.25) is 0 Å². The molecule has 0 saturated carbocycles. The average Bonchev–Trinajstić information content (AvgIpc) is 2.43. The van der Waals surface area contributed by atoms with Crippen molar-refractivity contribution in [3.8, 4) is 5.75 Å². The van der Waals surface area contributed by atoms with Crippen LogP contribution in [0, 0.1) is 27.7 Å². The van der Waals surface area contributed by atoms with Crippen LogP contribution in [-0.4, -0.2) is 6.61 Å². The summed E-state index contributed by atoms with van der Waals surface area (Å²) in [4.78, 5) is 0. The van der Waals surface area contributed by atoms with Gasteiger partial charge in [-0.25, -0.2) is 0 Å². The second kappa shape index (κ2) is 6.66. The minimum Gasteiger partial charge on any atom is -0.494 e. The zero-order valence-electron chi connectivity index (χ0n) is 13.7.